The number of para-hydroxylation sites is 1. The Bertz CT molecular complexity index is 501. The van der Waals surface area contributed by atoms with Gasteiger partial charge in [-0.25, -0.2) is 0 Å². The van der Waals surface area contributed by atoms with Gasteiger partial charge in [-0.15, -0.1) is 0 Å². The van der Waals surface area contributed by atoms with Gasteiger partial charge < -0.3 is 19.5 Å². The second-order valence-corrected chi connectivity index (χ2v) is 6.51. The molecule has 5 nitrogen and oxygen atoms in total. The lowest BCUT2D eigenvalue weighted by atomic mass is 10.0. The molecule has 0 saturated carbocycles. The van der Waals surface area contributed by atoms with E-state index in [2.05, 4.69) is 29.0 Å². The van der Waals surface area contributed by atoms with Gasteiger partial charge in [0.2, 0.25) is 0 Å². The summed E-state index contributed by atoms with van der Waals surface area (Å²) >= 11 is 0. The monoisotopic (exact) mass is 320 g/mol. The van der Waals surface area contributed by atoms with Crippen LogP contribution in [0.25, 0.3) is 0 Å². The lowest BCUT2D eigenvalue weighted by Crippen LogP contribution is -2.43. The minimum Gasteiger partial charge on any atom is -0.486 e. The normalized spacial score (nSPS) is 19.3. The van der Waals surface area contributed by atoms with Crippen molar-refractivity contribution in [2.75, 3.05) is 46.5 Å². The molecular formula is C18H28N2O3. The molecule has 0 atom stereocenters. The number of nitrogens with zero attached hydrogens (tertiary/aromatic N) is 2. The summed E-state index contributed by atoms with van der Waals surface area (Å²) in [5, 5.41) is 8.96. The van der Waals surface area contributed by atoms with Crippen LogP contribution in [-0.4, -0.2) is 67.5 Å². The van der Waals surface area contributed by atoms with E-state index in [1.165, 1.54) is 18.4 Å². The van der Waals surface area contributed by atoms with Gasteiger partial charge in [0.1, 0.15) is 13.2 Å². The van der Waals surface area contributed by atoms with Gasteiger partial charge >= 0.3 is 0 Å². The number of rotatable bonds is 6. The molecule has 0 aliphatic carbocycles. The molecular weight excluding hydrogens is 292 g/mol. The van der Waals surface area contributed by atoms with Crippen molar-refractivity contribution in [1.82, 2.24) is 9.80 Å². The van der Waals surface area contributed by atoms with Crippen LogP contribution in [-0.2, 0) is 6.54 Å². The summed E-state index contributed by atoms with van der Waals surface area (Å²) in [4.78, 5) is 4.90. The van der Waals surface area contributed by atoms with E-state index in [9.17, 15) is 0 Å². The molecule has 0 radical (unpaired) electrons. The maximum atomic E-state index is 8.96. The summed E-state index contributed by atoms with van der Waals surface area (Å²) in [5.41, 5.74) is 1.23. The second kappa shape index (κ2) is 7.99. The molecule has 1 aromatic rings. The Kier molecular flexibility index (Phi) is 5.75. The Hall–Kier alpha value is -1.30. The molecule has 0 amide bonds. The van der Waals surface area contributed by atoms with Crippen molar-refractivity contribution in [2.24, 2.45) is 0 Å². The summed E-state index contributed by atoms with van der Waals surface area (Å²) < 4.78 is 11.5. The molecule has 3 rings (SSSR count). The summed E-state index contributed by atoms with van der Waals surface area (Å²) in [5.74, 6) is 1.81. The average molecular weight is 320 g/mol. The van der Waals surface area contributed by atoms with Gasteiger partial charge in [0.05, 0.1) is 0 Å². The highest BCUT2D eigenvalue weighted by Crippen LogP contribution is 2.34. The van der Waals surface area contributed by atoms with Gasteiger partial charge in [-0.2, -0.15) is 0 Å². The van der Waals surface area contributed by atoms with Crippen LogP contribution in [0.15, 0.2) is 18.2 Å². The van der Waals surface area contributed by atoms with E-state index in [4.69, 9.17) is 14.6 Å². The van der Waals surface area contributed by atoms with Gasteiger partial charge in [0.25, 0.3) is 0 Å². The topological polar surface area (TPSA) is 45.2 Å². The lowest BCUT2D eigenvalue weighted by Gasteiger charge is -2.37. The Morgan fingerprint density at radius 1 is 1.22 bits per heavy atom. The van der Waals surface area contributed by atoms with E-state index in [1.807, 2.05) is 6.07 Å². The Labute approximate surface area is 138 Å². The van der Waals surface area contributed by atoms with E-state index in [0.29, 0.717) is 19.3 Å². The maximum absolute atomic E-state index is 8.96. The SMILES string of the molecule is CN(CCCO)C1CCN(Cc2cccc3c2OCCO3)CC1. The molecule has 2 aliphatic heterocycles. The zero-order valence-corrected chi connectivity index (χ0v) is 14.0. The molecule has 0 bridgehead atoms. The average Bonchev–Trinajstić information content (AvgIpc) is 2.60. The minimum absolute atomic E-state index is 0.282. The Morgan fingerprint density at radius 3 is 2.78 bits per heavy atom. The first-order valence-electron chi connectivity index (χ1n) is 8.69. The molecule has 0 aromatic heterocycles. The first kappa shape index (κ1) is 16.6. The number of aliphatic hydroxyl groups excluding tert-OH is 1. The molecule has 0 unspecified atom stereocenters. The molecule has 1 N–H and O–H groups in total. The summed E-state index contributed by atoms with van der Waals surface area (Å²) in [6.45, 7) is 5.70. The fourth-order valence-electron chi connectivity index (χ4n) is 3.52. The van der Waals surface area contributed by atoms with E-state index in [1.54, 1.807) is 0 Å². The van der Waals surface area contributed by atoms with E-state index in [0.717, 1.165) is 44.1 Å². The molecule has 2 aliphatic rings. The van der Waals surface area contributed by atoms with Crippen LogP contribution in [0.2, 0.25) is 0 Å². The van der Waals surface area contributed by atoms with Crippen LogP contribution < -0.4 is 9.47 Å². The van der Waals surface area contributed by atoms with Gasteiger partial charge in [0.15, 0.2) is 11.5 Å². The molecule has 0 spiro atoms. The van der Waals surface area contributed by atoms with Crippen molar-refractivity contribution in [3.05, 3.63) is 23.8 Å². The number of benzene rings is 1. The molecule has 1 fully saturated rings. The van der Waals surface area contributed by atoms with Gasteiger partial charge in [-0.05, 0) is 45.5 Å². The van der Waals surface area contributed by atoms with Gasteiger partial charge in [-0.3, -0.25) is 4.90 Å². The van der Waals surface area contributed by atoms with Crippen LogP contribution in [0.1, 0.15) is 24.8 Å². The highest BCUT2D eigenvalue weighted by molar-refractivity contribution is 5.47. The highest BCUT2D eigenvalue weighted by Gasteiger charge is 2.24. The van der Waals surface area contributed by atoms with Crippen LogP contribution in [0.4, 0.5) is 0 Å². The molecule has 128 valence electrons. The largest absolute Gasteiger partial charge is 0.486 e. The molecule has 1 saturated heterocycles. The van der Waals surface area contributed by atoms with Crippen LogP contribution in [0.5, 0.6) is 11.5 Å². The molecule has 23 heavy (non-hydrogen) atoms. The van der Waals surface area contributed by atoms with E-state index >= 15 is 0 Å². The third-order valence-corrected chi connectivity index (χ3v) is 4.89. The predicted molar refractivity (Wildman–Crippen MR) is 90.1 cm³/mol. The summed E-state index contributed by atoms with van der Waals surface area (Å²) in [6.07, 6.45) is 3.24. The summed E-state index contributed by atoms with van der Waals surface area (Å²) in [7, 11) is 2.18. The number of fused-ring (bicyclic) bond motifs is 1. The van der Waals surface area contributed by atoms with Crippen molar-refractivity contribution in [2.45, 2.75) is 31.8 Å². The molecule has 1 aromatic carbocycles. The zero-order valence-electron chi connectivity index (χ0n) is 14.0. The first-order valence-corrected chi connectivity index (χ1v) is 8.69. The number of hydrogen-bond acceptors (Lipinski definition) is 5. The third-order valence-electron chi connectivity index (χ3n) is 4.89. The second-order valence-electron chi connectivity index (χ2n) is 6.51. The summed E-state index contributed by atoms with van der Waals surface area (Å²) in [6, 6.07) is 6.83. The Balaban J connectivity index is 1.53. The third kappa shape index (κ3) is 4.16. The number of hydrogen-bond donors (Lipinski definition) is 1. The number of ether oxygens (including phenoxy) is 2. The maximum Gasteiger partial charge on any atom is 0.165 e. The van der Waals surface area contributed by atoms with Crippen LogP contribution in [0.3, 0.4) is 0 Å². The van der Waals surface area contributed by atoms with Crippen molar-refractivity contribution in [1.29, 1.82) is 0 Å². The van der Waals surface area contributed by atoms with Crippen molar-refractivity contribution in [3.8, 4) is 11.5 Å². The van der Waals surface area contributed by atoms with E-state index < -0.39 is 0 Å². The predicted octanol–water partition coefficient (Wildman–Crippen LogP) is 1.74. The first-order chi connectivity index (χ1) is 11.3. The van der Waals surface area contributed by atoms with Crippen molar-refractivity contribution < 1.29 is 14.6 Å². The van der Waals surface area contributed by atoms with Crippen molar-refractivity contribution >= 4 is 0 Å². The van der Waals surface area contributed by atoms with Gasteiger partial charge in [0, 0.05) is 31.3 Å². The number of piperidine rings is 1. The highest BCUT2D eigenvalue weighted by atomic mass is 16.6. The smallest absolute Gasteiger partial charge is 0.165 e. The van der Waals surface area contributed by atoms with Crippen LogP contribution in [0, 0.1) is 0 Å². The lowest BCUT2D eigenvalue weighted by molar-refractivity contribution is 0.115. The fraction of sp³-hybridized carbons (Fsp3) is 0.667. The van der Waals surface area contributed by atoms with Crippen molar-refractivity contribution in [3.63, 3.8) is 0 Å². The zero-order chi connectivity index (χ0) is 16.1. The van der Waals surface area contributed by atoms with Crippen LogP contribution >= 0.6 is 0 Å². The van der Waals surface area contributed by atoms with E-state index in [-0.39, 0.29) is 6.61 Å². The molecule has 2 heterocycles. The number of likely N-dealkylation sites (tertiary alicyclic amines) is 1. The molecule has 5 heteroatoms. The quantitative estimate of drug-likeness (QED) is 0.865. The Morgan fingerprint density at radius 2 is 2.00 bits per heavy atom. The number of aliphatic hydroxyl groups is 1. The minimum atomic E-state index is 0.282. The van der Waals surface area contributed by atoms with Gasteiger partial charge in [-0.1, -0.05) is 12.1 Å². The standard InChI is InChI=1S/C18H28N2O3/c1-19(8-3-11-21)16-6-9-20(10-7-16)14-15-4-2-5-17-18(15)23-13-12-22-17/h2,4-5,16,21H,3,6-14H2,1H3. The fourth-order valence-corrected chi connectivity index (χ4v) is 3.52.